The summed E-state index contributed by atoms with van der Waals surface area (Å²) in [4.78, 5) is 11.3. The third-order valence-electron chi connectivity index (χ3n) is 4.44. The first-order valence-corrected chi connectivity index (χ1v) is 10.2. The van der Waals surface area contributed by atoms with E-state index in [-0.39, 0.29) is 12.1 Å². The zero-order chi connectivity index (χ0) is 17.9. The number of hydrogen-bond donors (Lipinski definition) is 2. The Labute approximate surface area is 149 Å². The van der Waals surface area contributed by atoms with E-state index in [1.807, 2.05) is 0 Å². The molecule has 0 fully saturated rings. The lowest BCUT2D eigenvalue weighted by molar-refractivity contribution is -0.143. The summed E-state index contributed by atoms with van der Waals surface area (Å²) in [5.74, 6) is -0.117. The van der Waals surface area contributed by atoms with Gasteiger partial charge in [-0.1, -0.05) is 77.6 Å². The Hall–Kier alpha value is -0.610. The first-order chi connectivity index (χ1) is 11.7. The highest BCUT2D eigenvalue weighted by Crippen LogP contribution is 2.14. The minimum absolute atomic E-state index is 0.0825. The van der Waals surface area contributed by atoms with Crippen LogP contribution >= 0.6 is 0 Å². The predicted molar refractivity (Wildman–Crippen MR) is 101 cm³/mol. The van der Waals surface area contributed by atoms with Crippen molar-refractivity contribution in [2.75, 3.05) is 13.2 Å². The van der Waals surface area contributed by atoms with Crippen LogP contribution in [0.5, 0.6) is 0 Å². The molecule has 0 aromatic heterocycles. The molecule has 1 unspecified atom stereocenters. The molecule has 4 heteroatoms. The van der Waals surface area contributed by atoms with Crippen molar-refractivity contribution in [1.29, 1.82) is 0 Å². The van der Waals surface area contributed by atoms with E-state index in [1.165, 1.54) is 57.8 Å². The molecule has 0 bridgehead atoms. The number of ether oxygens (including phenoxy) is 1. The minimum atomic E-state index is -0.117. The van der Waals surface area contributed by atoms with Crippen molar-refractivity contribution in [3.8, 4) is 0 Å². The van der Waals surface area contributed by atoms with Crippen LogP contribution in [0.2, 0.25) is 0 Å². The first kappa shape index (κ1) is 23.4. The predicted octanol–water partition coefficient (Wildman–Crippen LogP) is 4.72. The van der Waals surface area contributed by atoms with Gasteiger partial charge in [-0.3, -0.25) is 4.79 Å². The van der Waals surface area contributed by atoms with Gasteiger partial charge < -0.3 is 15.6 Å². The molecule has 0 amide bonds. The fraction of sp³-hybridized carbons (Fsp3) is 0.950. The van der Waals surface area contributed by atoms with E-state index in [4.69, 9.17) is 10.5 Å². The summed E-state index contributed by atoms with van der Waals surface area (Å²) in [6.45, 7) is 2.96. The number of hydrogen-bond acceptors (Lipinski definition) is 4. The van der Waals surface area contributed by atoms with E-state index >= 15 is 0 Å². The third-order valence-corrected chi connectivity index (χ3v) is 4.44. The van der Waals surface area contributed by atoms with Gasteiger partial charge in [0.05, 0.1) is 6.10 Å². The van der Waals surface area contributed by atoms with Crippen molar-refractivity contribution in [2.24, 2.45) is 5.73 Å². The number of carbonyl (C=O) groups is 1. The number of aliphatic hydroxyl groups excluding tert-OH is 1. The largest absolute Gasteiger partial charge is 0.464 e. The maximum atomic E-state index is 11.3. The highest BCUT2D eigenvalue weighted by Gasteiger charge is 2.04. The van der Waals surface area contributed by atoms with Gasteiger partial charge in [0.1, 0.15) is 6.61 Å². The van der Waals surface area contributed by atoms with Gasteiger partial charge in [-0.05, 0) is 19.3 Å². The second-order valence-corrected chi connectivity index (χ2v) is 6.88. The fourth-order valence-corrected chi connectivity index (χ4v) is 2.91. The summed E-state index contributed by atoms with van der Waals surface area (Å²) in [5.41, 5.74) is 5.28. The molecule has 0 radical (unpaired) electrons. The van der Waals surface area contributed by atoms with E-state index < -0.39 is 0 Å². The number of unbranched alkanes of at least 4 members (excludes halogenated alkanes) is 10. The number of aliphatic hydroxyl groups is 1. The van der Waals surface area contributed by atoms with Crippen molar-refractivity contribution in [3.63, 3.8) is 0 Å². The number of rotatable bonds is 18. The standard InChI is InChI=1S/C20H41NO3/c1-2-3-4-11-14-19(22)15-12-9-7-5-6-8-10-13-16-20(23)24-18-17-21/h19,22H,2-18,21H2,1H3. The van der Waals surface area contributed by atoms with E-state index in [0.29, 0.717) is 19.6 Å². The molecular weight excluding hydrogens is 302 g/mol. The minimum Gasteiger partial charge on any atom is -0.464 e. The molecule has 0 heterocycles. The Morgan fingerprint density at radius 2 is 1.38 bits per heavy atom. The first-order valence-electron chi connectivity index (χ1n) is 10.2. The Kier molecular flexibility index (Phi) is 18.2. The molecule has 4 nitrogen and oxygen atoms in total. The quantitative estimate of drug-likeness (QED) is 0.279. The number of esters is 1. The van der Waals surface area contributed by atoms with Crippen LogP contribution in [-0.4, -0.2) is 30.3 Å². The Bertz CT molecular complexity index is 272. The molecule has 0 aliphatic heterocycles. The summed E-state index contributed by atoms with van der Waals surface area (Å²) < 4.78 is 4.93. The third kappa shape index (κ3) is 17.7. The zero-order valence-corrected chi connectivity index (χ0v) is 15.9. The molecule has 0 aromatic rings. The van der Waals surface area contributed by atoms with Crippen LogP contribution in [0.1, 0.15) is 103 Å². The molecule has 0 saturated carbocycles. The van der Waals surface area contributed by atoms with Crippen molar-refractivity contribution in [2.45, 2.75) is 109 Å². The SMILES string of the molecule is CCCCCCC(O)CCCCCCCCCCC(=O)OCCN. The van der Waals surface area contributed by atoms with E-state index in [2.05, 4.69) is 6.92 Å². The second kappa shape index (κ2) is 18.7. The Morgan fingerprint density at radius 3 is 1.92 bits per heavy atom. The van der Waals surface area contributed by atoms with E-state index in [0.717, 1.165) is 32.1 Å². The Balaban J connectivity index is 3.18. The van der Waals surface area contributed by atoms with Crippen molar-refractivity contribution >= 4 is 5.97 Å². The highest BCUT2D eigenvalue weighted by molar-refractivity contribution is 5.69. The van der Waals surface area contributed by atoms with E-state index in [1.54, 1.807) is 0 Å². The monoisotopic (exact) mass is 343 g/mol. The molecule has 0 rings (SSSR count). The van der Waals surface area contributed by atoms with Crippen molar-refractivity contribution < 1.29 is 14.6 Å². The van der Waals surface area contributed by atoms with Crippen LogP contribution < -0.4 is 5.73 Å². The van der Waals surface area contributed by atoms with Gasteiger partial charge >= 0.3 is 5.97 Å². The number of carbonyl (C=O) groups excluding carboxylic acids is 1. The lowest BCUT2D eigenvalue weighted by Gasteiger charge is -2.10. The lowest BCUT2D eigenvalue weighted by atomic mass is 10.0. The highest BCUT2D eigenvalue weighted by atomic mass is 16.5. The molecule has 3 N–H and O–H groups in total. The summed E-state index contributed by atoms with van der Waals surface area (Å²) in [7, 11) is 0. The second-order valence-electron chi connectivity index (χ2n) is 6.88. The summed E-state index contributed by atoms with van der Waals surface area (Å²) in [6.07, 6.45) is 16.8. The summed E-state index contributed by atoms with van der Waals surface area (Å²) in [5, 5.41) is 9.90. The molecule has 0 aromatic carbocycles. The molecule has 1 atom stereocenters. The van der Waals surface area contributed by atoms with Gasteiger partial charge in [-0.15, -0.1) is 0 Å². The molecule has 0 aliphatic carbocycles. The molecule has 0 aliphatic rings. The molecule has 0 spiro atoms. The zero-order valence-electron chi connectivity index (χ0n) is 15.9. The van der Waals surface area contributed by atoms with Gasteiger partial charge in [-0.2, -0.15) is 0 Å². The van der Waals surface area contributed by atoms with Gasteiger partial charge in [0.15, 0.2) is 0 Å². The van der Waals surface area contributed by atoms with Crippen molar-refractivity contribution in [3.05, 3.63) is 0 Å². The van der Waals surface area contributed by atoms with Crippen LogP contribution in [0.15, 0.2) is 0 Å². The number of nitrogens with two attached hydrogens (primary N) is 1. The lowest BCUT2D eigenvalue weighted by Crippen LogP contribution is -2.13. The van der Waals surface area contributed by atoms with Gasteiger partial charge in [0.2, 0.25) is 0 Å². The average Bonchev–Trinajstić information content (AvgIpc) is 2.58. The maximum Gasteiger partial charge on any atom is 0.305 e. The summed E-state index contributed by atoms with van der Waals surface area (Å²) >= 11 is 0. The normalized spacial score (nSPS) is 12.3. The van der Waals surface area contributed by atoms with Gasteiger partial charge in [-0.25, -0.2) is 0 Å². The van der Waals surface area contributed by atoms with Crippen LogP contribution in [0.4, 0.5) is 0 Å². The van der Waals surface area contributed by atoms with Crippen LogP contribution in [0.25, 0.3) is 0 Å². The molecule has 0 saturated heterocycles. The van der Waals surface area contributed by atoms with E-state index in [9.17, 15) is 9.90 Å². The van der Waals surface area contributed by atoms with Crippen LogP contribution in [0.3, 0.4) is 0 Å². The van der Waals surface area contributed by atoms with Gasteiger partial charge in [0, 0.05) is 13.0 Å². The average molecular weight is 344 g/mol. The molecule has 24 heavy (non-hydrogen) atoms. The fourth-order valence-electron chi connectivity index (χ4n) is 2.91. The van der Waals surface area contributed by atoms with Crippen LogP contribution in [-0.2, 0) is 9.53 Å². The van der Waals surface area contributed by atoms with Crippen LogP contribution in [0, 0.1) is 0 Å². The van der Waals surface area contributed by atoms with Gasteiger partial charge in [0.25, 0.3) is 0 Å². The molecular formula is C20H41NO3. The smallest absolute Gasteiger partial charge is 0.305 e. The summed E-state index contributed by atoms with van der Waals surface area (Å²) in [6, 6.07) is 0. The molecule has 144 valence electrons. The van der Waals surface area contributed by atoms with Crippen molar-refractivity contribution in [1.82, 2.24) is 0 Å². The maximum absolute atomic E-state index is 11.3. The topological polar surface area (TPSA) is 72.5 Å². The Morgan fingerprint density at radius 1 is 0.875 bits per heavy atom.